The molecule has 0 unspecified atom stereocenters. The van der Waals surface area contributed by atoms with Crippen LogP contribution in [0, 0.1) is 21.4 Å². The zero-order valence-electron chi connectivity index (χ0n) is 9.87. The number of nitriles is 1. The van der Waals surface area contributed by atoms with Crippen LogP contribution in [0.2, 0.25) is 0 Å². The van der Waals surface area contributed by atoms with Gasteiger partial charge < -0.3 is 10.1 Å². The van der Waals surface area contributed by atoms with Crippen molar-refractivity contribution < 1.29 is 19.2 Å². The number of anilines is 1. The van der Waals surface area contributed by atoms with Gasteiger partial charge in [-0.25, -0.2) is 4.79 Å². The maximum absolute atomic E-state index is 11.4. The topological polar surface area (TPSA) is 122 Å². The molecule has 0 aliphatic rings. The molecule has 0 heterocycles. The Hall–Kier alpha value is -2.95. The van der Waals surface area contributed by atoms with E-state index in [2.05, 4.69) is 10.1 Å². The van der Waals surface area contributed by atoms with Crippen LogP contribution in [0.15, 0.2) is 18.2 Å². The van der Waals surface area contributed by atoms with Crippen LogP contribution in [0.3, 0.4) is 0 Å². The Bertz CT molecular complexity index is 576. The van der Waals surface area contributed by atoms with E-state index in [1.807, 2.05) is 0 Å². The predicted octanol–water partition coefficient (Wildman–Crippen LogP) is 0.968. The Balaban J connectivity index is 3.02. The van der Waals surface area contributed by atoms with Crippen molar-refractivity contribution in [3.05, 3.63) is 33.9 Å². The molecule has 0 saturated heterocycles. The lowest BCUT2D eigenvalue weighted by molar-refractivity contribution is -0.383. The van der Waals surface area contributed by atoms with Crippen molar-refractivity contribution in [2.75, 3.05) is 11.9 Å². The van der Waals surface area contributed by atoms with Gasteiger partial charge in [0.1, 0.15) is 5.69 Å². The van der Waals surface area contributed by atoms with Crippen LogP contribution in [0.5, 0.6) is 0 Å². The summed E-state index contributed by atoms with van der Waals surface area (Å²) in [6, 6.07) is 5.20. The van der Waals surface area contributed by atoms with Crippen molar-refractivity contribution in [3.8, 4) is 6.07 Å². The number of nitrogens with one attached hydrogen (secondary N) is 1. The summed E-state index contributed by atoms with van der Waals surface area (Å²) in [6.45, 7) is 1.54. The molecule has 0 bridgehead atoms. The number of nitro groups is 1. The van der Waals surface area contributed by atoms with Gasteiger partial charge in [0.2, 0.25) is 0 Å². The molecular weight excluding hydrogens is 254 g/mol. The van der Waals surface area contributed by atoms with Crippen molar-refractivity contribution in [1.29, 1.82) is 5.26 Å². The molecule has 8 nitrogen and oxygen atoms in total. The molecule has 1 amide bonds. The molecule has 1 aromatic carbocycles. The minimum absolute atomic E-state index is 0.0156. The number of ether oxygens (including phenoxy) is 1. The molecule has 1 aromatic rings. The van der Waals surface area contributed by atoms with E-state index in [0.717, 1.165) is 6.07 Å². The molecule has 0 aliphatic carbocycles. The lowest BCUT2D eigenvalue weighted by Crippen LogP contribution is -2.25. The minimum Gasteiger partial charge on any atom is -0.459 e. The van der Waals surface area contributed by atoms with Crippen LogP contribution in [-0.4, -0.2) is 23.4 Å². The third kappa shape index (κ3) is 3.50. The van der Waals surface area contributed by atoms with Gasteiger partial charge in [-0.1, -0.05) is 0 Å². The van der Waals surface area contributed by atoms with E-state index in [1.54, 1.807) is 6.07 Å². The predicted molar refractivity (Wildman–Crippen MR) is 63.1 cm³/mol. The summed E-state index contributed by atoms with van der Waals surface area (Å²) in [5.74, 6) is -2.25. The maximum atomic E-state index is 11.4. The van der Waals surface area contributed by atoms with Crippen LogP contribution in [0.1, 0.15) is 12.5 Å². The minimum atomic E-state index is -1.14. The highest BCUT2D eigenvalue weighted by atomic mass is 16.6. The van der Waals surface area contributed by atoms with Gasteiger partial charge in [0.25, 0.3) is 5.69 Å². The highest BCUT2D eigenvalue weighted by Crippen LogP contribution is 2.25. The first-order valence-corrected chi connectivity index (χ1v) is 5.16. The second kappa shape index (κ2) is 6.11. The molecular formula is C11H9N3O5. The number of carbonyl (C=O) groups is 2. The zero-order valence-corrected chi connectivity index (χ0v) is 9.87. The first kappa shape index (κ1) is 14.1. The van der Waals surface area contributed by atoms with Crippen molar-refractivity contribution in [2.45, 2.75) is 6.92 Å². The van der Waals surface area contributed by atoms with E-state index in [9.17, 15) is 19.7 Å². The Morgan fingerprint density at radius 2 is 2.21 bits per heavy atom. The molecule has 19 heavy (non-hydrogen) atoms. The Morgan fingerprint density at radius 3 is 2.74 bits per heavy atom. The standard InChI is InChI=1S/C11H9N3O5/c1-2-19-11(16)10(15)13-8-4-3-7(6-12)5-9(8)14(17)18/h3-5H,2H2,1H3,(H,13,15). The Morgan fingerprint density at radius 1 is 1.53 bits per heavy atom. The number of rotatable bonds is 3. The van der Waals surface area contributed by atoms with Gasteiger partial charge in [-0.3, -0.25) is 14.9 Å². The molecule has 0 atom stereocenters. The quantitative estimate of drug-likeness (QED) is 0.375. The van der Waals surface area contributed by atoms with E-state index < -0.39 is 22.5 Å². The largest absolute Gasteiger partial charge is 0.459 e. The van der Waals surface area contributed by atoms with Gasteiger partial charge in [-0.15, -0.1) is 0 Å². The third-order valence-corrected chi connectivity index (χ3v) is 2.03. The van der Waals surface area contributed by atoms with Crippen molar-refractivity contribution >= 4 is 23.3 Å². The van der Waals surface area contributed by atoms with E-state index >= 15 is 0 Å². The van der Waals surface area contributed by atoms with Crippen LogP contribution in [0.25, 0.3) is 0 Å². The molecule has 0 aliphatic heterocycles. The molecule has 1 N–H and O–H groups in total. The number of carbonyl (C=O) groups excluding carboxylic acids is 2. The first-order chi connectivity index (χ1) is 8.99. The fourth-order valence-corrected chi connectivity index (χ4v) is 1.23. The zero-order chi connectivity index (χ0) is 14.4. The normalized spacial score (nSPS) is 9.26. The molecule has 0 aromatic heterocycles. The van der Waals surface area contributed by atoms with Crippen molar-refractivity contribution in [3.63, 3.8) is 0 Å². The summed E-state index contributed by atoms with van der Waals surface area (Å²) in [7, 11) is 0. The SMILES string of the molecule is CCOC(=O)C(=O)Nc1ccc(C#N)cc1[N+](=O)[O-]. The maximum Gasteiger partial charge on any atom is 0.397 e. The number of esters is 1. The van der Waals surface area contributed by atoms with Gasteiger partial charge in [0.05, 0.1) is 23.2 Å². The molecule has 0 radical (unpaired) electrons. The molecule has 98 valence electrons. The molecule has 0 fully saturated rings. The Labute approximate surface area is 107 Å². The number of hydrogen-bond acceptors (Lipinski definition) is 6. The third-order valence-electron chi connectivity index (χ3n) is 2.03. The van der Waals surface area contributed by atoms with Crippen molar-refractivity contribution in [1.82, 2.24) is 0 Å². The molecule has 0 saturated carbocycles. The van der Waals surface area contributed by atoms with Gasteiger partial charge in [0, 0.05) is 6.07 Å². The van der Waals surface area contributed by atoms with Crippen LogP contribution >= 0.6 is 0 Å². The van der Waals surface area contributed by atoms with Gasteiger partial charge in [-0.05, 0) is 19.1 Å². The van der Waals surface area contributed by atoms with E-state index in [-0.39, 0.29) is 17.9 Å². The summed E-state index contributed by atoms with van der Waals surface area (Å²) >= 11 is 0. The van der Waals surface area contributed by atoms with E-state index in [1.165, 1.54) is 19.1 Å². The van der Waals surface area contributed by atoms with Crippen LogP contribution in [-0.2, 0) is 14.3 Å². The van der Waals surface area contributed by atoms with Gasteiger partial charge in [-0.2, -0.15) is 5.26 Å². The fourth-order valence-electron chi connectivity index (χ4n) is 1.23. The number of benzene rings is 1. The fraction of sp³-hybridized carbons (Fsp3) is 0.182. The number of nitrogens with zero attached hydrogens (tertiary/aromatic N) is 2. The van der Waals surface area contributed by atoms with Crippen molar-refractivity contribution in [2.24, 2.45) is 0 Å². The second-order valence-electron chi connectivity index (χ2n) is 3.28. The van der Waals surface area contributed by atoms with Crippen LogP contribution < -0.4 is 5.32 Å². The average Bonchev–Trinajstić information content (AvgIpc) is 2.39. The van der Waals surface area contributed by atoms with E-state index in [4.69, 9.17) is 5.26 Å². The molecule has 1 rings (SSSR count). The second-order valence-corrected chi connectivity index (χ2v) is 3.28. The highest BCUT2D eigenvalue weighted by Gasteiger charge is 2.21. The van der Waals surface area contributed by atoms with E-state index in [0.29, 0.717) is 0 Å². The molecule has 8 heteroatoms. The number of nitro benzene ring substituents is 1. The number of amides is 1. The van der Waals surface area contributed by atoms with Gasteiger partial charge >= 0.3 is 11.9 Å². The van der Waals surface area contributed by atoms with Crippen LogP contribution in [0.4, 0.5) is 11.4 Å². The first-order valence-electron chi connectivity index (χ1n) is 5.16. The Kier molecular flexibility index (Phi) is 4.54. The summed E-state index contributed by atoms with van der Waals surface area (Å²) in [4.78, 5) is 32.5. The summed E-state index contributed by atoms with van der Waals surface area (Å²) < 4.78 is 4.45. The summed E-state index contributed by atoms with van der Waals surface area (Å²) in [5.41, 5.74) is -0.584. The highest BCUT2D eigenvalue weighted by molar-refractivity contribution is 6.37. The summed E-state index contributed by atoms with van der Waals surface area (Å²) in [6.07, 6.45) is 0. The monoisotopic (exact) mass is 263 g/mol. The number of hydrogen-bond donors (Lipinski definition) is 1. The lowest BCUT2D eigenvalue weighted by Gasteiger charge is -2.05. The average molecular weight is 263 g/mol. The molecule has 0 spiro atoms. The lowest BCUT2D eigenvalue weighted by atomic mass is 10.2. The summed E-state index contributed by atoms with van der Waals surface area (Å²) in [5, 5.41) is 21.5. The van der Waals surface area contributed by atoms with Gasteiger partial charge in [0.15, 0.2) is 0 Å². The smallest absolute Gasteiger partial charge is 0.397 e.